The third-order valence-electron chi connectivity index (χ3n) is 13.7. The molecule has 0 radical (unpaired) electrons. The molecule has 1 nitrogen and oxygen atoms in total. The van der Waals surface area contributed by atoms with Crippen LogP contribution in [0.1, 0.15) is 22.3 Å². The van der Waals surface area contributed by atoms with Crippen molar-refractivity contribution < 1.29 is 0 Å². The minimum Gasteiger partial charge on any atom is -0.309 e. The van der Waals surface area contributed by atoms with Crippen molar-refractivity contribution in [2.75, 3.05) is 0 Å². The van der Waals surface area contributed by atoms with Gasteiger partial charge in [-0.25, -0.2) is 0 Å². The molecule has 2 aliphatic rings. The second-order valence-electron chi connectivity index (χ2n) is 16.7. The molecule has 10 aromatic carbocycles. The molecule has 0 saturated heterocycles. The number of aromatic nitrogens is 1. The predicted octanol–water partition coefficient (Wildman–Crippen LogP) is 15.9. The van der Waals surface area contributed by atoms with E-state index in [1.54, 1.807) is 0 Å². The Bertz CT molecular complexity index is 3490. The molecule has 1 spiro atoms. The molecule has 11 aromatic rings. The Balaban J connectivity index is 1.27. The summed E-state index contributed by atoms with van der Waals surface area (Å²) < 4.78 is 2.59. The first kappa shape index (κ1) is 34.8. The lowest BCUT2D eigenvalue weighted by atomic mass is 9.70. The number of hydrogen-bond donors (Lipinski definition) is 0. The van der Waals surface area contributed by atoms with Gasteiger partial charge in [0.1, 0.15) is 0 Å². The van der Waals surface area contributed by atoms with Crippen molar-refractivity contribution in [2.45, 2.75) is 5.41 Å². The van der Waals surface area contributed by atoms with E-state index < -0.39 is 5.41 Å². The molecule has 13 rings (SSSR count). The Kier molecular flexibility index (Phi) is 7.59. The summed E-state index contributed by atoms with van der Waals surface area (Å²) in [6.07, 6.45) is 0. The molecule has 0 N–H and O–H groups in total. The number of rotatable bonds is 3. The van der Waals surface area contributed by atoms with Crippen molar-refractivity contribution >= 4 is 43.4 Å². The zero-order chi connectivity index (χ0) is 40.8. The quantitative estimate of drug-likeness (QED) is 0.168. The highest BCUT2D eigenvalue weighted by atomic mass is 15.0. The van der Waals surface area contributed by atoms with E-state index in [-0.39, 0.29) is 0 Å². The third kappa shape index (κ3) is 4.85. The van der Waals surface area contributed by atoms with Gasteiger partial charge in [0.2, 0.25) is 0 Å². The summed E-state index contributed by atoms with van der Waals surface area (Å²) in [7, 11) is 0. The molecule has 0 atom stereocenters. The monoisotopic (exact) mass is 785 g/mol. The summed E-state index contributed by atoms with van der Waals surface area (Å²) in [5.41, 5.74) is 18.2. The van der Waals surface area contributed by atoms with E-state index in [9.17, 15) is 0 Å². The Morgan fingerprint density at radius 3 is 1.15 bits per heavy atom. The minimum atomic E-state index is -0.464. The van der Waals surface area contributed by atoms with Gasteiger partial charge in [0, 0.05) is 16.3 Å². The summed E-state index contributed by atoms with van der Waals surface area (Å²) in [6, 6.07) is 88.2. The molecule has 0 bridgehead atoms. The van der Waals surface area contributed by atoms with Gasteiger partial charge < -0.3 is 4.57 Å². The topological polar surface area (TPSA) is 4.93 Å². The first-order chi connectivity index (χ1) is 30.8. The van der Waals surface area contributed by atoms with Gasteiger partial charge in [-0.05, 0) is 113 Å². The molecular formula is C61H39N. The second-order valence-corrected chi connectivity index (χ2v) is 16.7. The molecule has 1 heterocycles. The van der Waals surface area contributed by atoms with Gasteiger partial charge in [-0.1, -0.05) is 206 Å². The van der Waals surface area contributed by atoms with E-state index in [2.05, 4.69) is 241 Å². The highest BCUT2D eigenvalue weighted by molar-refractivity contribution is 6.20. The molecule has 62 heavy (non-hydrogen) atoms. The zero-order valence-electron chi connectivity index (χ0n) is 34.0. The van der Waals surface area contributed by atoms with Crippen LogP contribution < -0.4 is 0 Å². The largest absolute Gasteiger partial charge is 0.309 e. The number of nitrogens with zero attached hydrogens (tertiary/aromatic N) is 1. The van der Waals surface area contributed by atoms with Gasteiger partial charge in [-0.2, -0.15) is 0 Å². The van der Waals surface area contributed by atoms with Crippen LogP contribution in [-0.4, -0.2) is 4.57 Å². The van der Waals surface area contributed by atoms with Gasteiger partial charge in [0.25, 0.3) is 0 Å². The van der Waals surface area contributed by atoms with E-state index in [0.29, 0.717) is 0 Å². The zero-order valence-corrected chi connectivity index (χ0v) is 34.0. The SMILES string of the molecule is c1ccc(-c2ccc3c(c2)c2ccccc2c2ccccc2c2cc(-c4ccccc4)ccc2n3-c2cccc3c2-c2ccccc2C32c3ccccc3-c3ccccc32)cc1. The van der Waals surface area contributed by atoms with Gasteiger partial charge in [-0.15, -0.1) is 0 Å². The first-order valence-corrected chi connectivity index (χ1v) is 21.6. The molecule has 0 aliphatic heterocycles. The molecule has 1 heteroatoms. The van der Waals surface area contributed by atoms with Crippen LogP contribution >= 0.6 is 0 Å². The number of hydrogen-bond acceptors (Lipinski definition) is 0. The lowest BCUT2D eigenvalue weighted by Crippen LogP contribution is -2.25. The van der Waals surface area contributed by atoms with Crippen LogP contribution in [-0.2, 0) is 5.41 Å². The van der Waals surface area contributed by atoms with Gasteiger partial charge in [0.15, 0.2) is 0 Å². The van der Waals surface area contributed by atoms with Crippen LogP contribution in [0.2, 0.25) is 0 Å². The average molecular weight is 786 g/mol. The fourth-order valence-electron chi connectivity index (χ4n) is 11.1. The predicted molar refractivity (Wildman–Crippen MR) is 261 cm³/mol. The van der Waals surface area contributed by atoms with E-state index >= 15 is 0 Å². The summed E-state index contributed by atoms with van der Waals surface area (Å²) in [5, 5.41) is 7.22. The van der Waals surface area contributed by atoms with E-state index in [4.69, 9.17) is 0 Å². The lowest BCUT2D eigenvalue weighted by Gasteiger charge is -2.30. The lowest BCUT2D eigenvalue weighted by molar-refractivity contribution is 0.793. The van der Waals surface area contributed by atoms with Crippen LogP contribution in [0.15, 0.2) is 237 Å². The highest BCUT2D eigenvalue weighted by Crippen LogP contribution is 2.63. The molecular weight excluding hydrogens is 747 g/mol. The molecule has 0 saturated carbocycles. The van der Waals surface area contributed by atoms with E-state index in [0.717, 1.165) is 16.7 Å². The Hall–Kier alpha value is -8.00. The van der Waals surface area contributed by atoms with Crippen molar-refractivity contribution in [3.63, 3.8) is 0 Å². The fraction of sp³-hybridized carbons (Fsp3) is 0.0164. The van der Waals surface area contributed by atoms with Crippen molar-refractivity contribution in [3.8, 4) is 50.2 Å². The summed E-state index contributed by atoms with van der Waals surface area (Å²) in [4.78, 5) is 0. The van der Waals surface area contributed by atoms with Gasteiger partial charge in [0.05, 0.1) is 22.1 Å². The standard InChI is InChI=1S/C61H39N/c1-3-18-40(19-4-1)42-34-36-57-51(38-42)46-24-9-7-22-44(46)45-23-8-10-25-47(45)52-39-43(41-20-5-2-6-21-41)35-37-58(52)62(57)59-33-17-32-56-60(59)50-28-13-16-31-55(50)61(56)53-29-14-11-26-48(53)49-27-12-15-30-54(49)61/h1-39H. The van der Waals surface area contributed by atoms with Crippen molar-refractivity contribution in [1.82, 2.24) is 4.57 Å². The van der Waals surface area contributed by atoms with Crippen LogP contribution in [0.4, 0.5) is 0 Å². The first-order valence-electron chi connectivity index (χ1n) is 21.6. The Morgan fingerprint density at radius 1 is 0.258 bits per heavy atom. The van der Waals surface area contributed by atoms with Gasteiger partial charge >= 0.3 is 0 Å². The van der Waals surface area contributed by atoms with Crippen LogP contribution in [0.3, 0.4) is 0 Å². The molecule has 0 amide bonds. The maximum absolute atomic E-state index is 2.59. The highest BCUT2D eigenvalue weighted by Gasteiger charge is 2.52. The number of fused-ring (bicyclic) bond motifs is 17. The van der Waals surface area contributed by atoms with Crippen LogP contribution in [0.5, 0.6) is 0 Å². The van der Waals surface area contributed by atoms with Gasteiger partial charge in [-0.3, -0.25) is 0 Å². The maximum Gasteiger partial charge on any atom is 0.0726 e. The molecule has 0 fully saturated rings. The molecule has 0 unspecified atom stereocenters. The summed E-state index contributed by atoms with van der Waals surface area (Å²) >= 11 is 0. The average Bonchev–Trinajstić information content (AvgIpc) is 3.84. The van der Waals surface area contributed by atoms with Crippen LogP contribution in [0.25, 0.3) is 93.5 Å². The van der Waals surface area contributed by atoms with E-state index in [1.165, 1.54) is 99.1 Å². The van der Waals surface area contributed by atoms with Crippen molar-refractivity contribution in [1.29, 1.82) is 0 Å². The minimum absolute atomic E-state index is 0.464. The molecule has 2 aliphatic carbocycles. The molecule has 1 aromatic heterocycles. The maximum atomic E-state index is 2.59. The summed E-state index contributed by atoms with van der Waals surface area (Å²) in [5.74, 6) is 0. The Morgan fingerprint density at radius 2 is 0.645 bits per heavy atom. The third-order valence-corrected chi connectivity index (χ3v) is 13.7. The second kappa shape index (κ2) is 13.5. The van der Waals surface area contributed by atoms with Crippen LogP contribution in [0, 0.1) is 0 Å². The van der Waals surface area contributed by atoms with E-state index in [1.807, 2.05) is 0 Å². The smallest absolute Gasteiger partial charge is 0.0726 e. The summed E-state index contributed by atoms with van der Waals surface area (Å²) in [6.45, 7) is 0. The normalized spacial score (nSPS) is 13.0. The van der Waals surface area contributed by atoms with Crippen molar-refractivity contribution in [3.05, 3.63) is 259 Å². The Labute approximate surface area is 360 Å². The molecule has 288 valence electrons. The number of benzene rings is 10. The van der Waals surface area contributed by atoms with Crippen molar-refractivity contribution in [2.24, 2.45) is 0 Å². The fourth-order valence-corrected chi connectivity index (χ4v) is 11.1.